The third-order valence-corrected chi connectivity index (χ3v) is 6.66. The summed E-state index contributed by atoms with van der Waals surface area (Å²) < 4.78 is 32.5. The molecular weight excluding hydrogens is 396 g/mol. The largest absolute Gasteiger partial charge is 0.457 e. The van der Waals surface area contributed by atoms with Crippen molar-refractivity contribution < 1.29 is 22.9 Å². The Kier molecular flexibility index (Phi) is 6.60. The highest BCUT2D eigenvalue weighted by molar-refractivity contribution is 7.89. The van der Waals surface area contributed by atoms with E-state index in [9.17, 15) is 23.3 Å². The van der Waals surface area contributed by atoms with Crippen molar-refractivity contribution in [3.63, 3.8) is 0 Å². The molecule has 154 valence electrons. The molecule has 1 fully saturated rings. The van der Waals surface area contributed by atoms with Crippen LogP contribution >= 0.6 is 0 Å². The Morgan fingerprint density at radius 3 is 2.41 bits per heavy atom. The number of sulfonamides is 1. The number of carbonyl (C=O) groups excluding carboxylic acids is 1. The van der Waals surface area contributed by atoms with Gasteiger partial charge in [0.05, 0.1) is 15.4 Å². The van der Waals surface area contributed by atoms with Crippen LogP contribution in [0.25, 0.3) is 0 Å². The molecule has 0 atom stereocenters. The summed E-state index contributed by atoms with van der Waals surface area (Å²) in [6.45, 7) is 0.803. The summed E-state index contributed by atoms with van der Waals surface area (Å²) in [5, 5.41) is 10.8. The average Bonchev–Trinajstić information content (AvgIpc) is 3.02. The van der Waals surface area contributed by atoms with E-state index in [1.807, 2.05) is 0 Å². The number of non-ortho nitro benzene ring substituents is 1. The van der Waals surface area contributed by atoms with Crippen LogP contribution < -0.4 is 0 Å². The minimum absolute atomic E-state index is 0.0594. The van der Waals surface area contributed by atoms with Crippen molar-refractivity contribution in [3.8, 4) is 0 Å². The summed E-state index contributed by atoms with van der Waals surface area (Å²) >= 11 is 0. The first-order valence-electron chi connectivity index (χ1n) is 9.38. The lowest BCUT2D eigenvalue weighted by Gasteiger charge is -2.20. The molecule has 9 heteroatoms. The quantitative estimate of drug-likeness (QED) is 0.404. The van der Waals surface area contributed by atoms with E-state index in [4.69, 9.17) is 4.74 Å². The fourth-order valence-electron chi connectivity index (χ4n) is 3.21. The molecule has 0 saturated carbocycles. The summed E-state index contributed by atoms with van der Waals surface area (Å²) in [5.41, 5.74) is 0.497. The number of hydrogen-bond donors (Lipinski definition) is 0. The predicted molar refractivity (Wildman–Crippen MR) is 106 cm³/mol. The number of rotatable bonds is 6. The number of hydrogen-bond acceptors (Lipinski definition) is 6. The molecule has 0 radical (unpaired) electrons. The molecule has 2 aromatic rings. The number of benzene rings is 2. The normalized spacial score (nSPS) is 15.4. The highest BCUT2D eigenvalue weighted by Gasteiger charge is 2.26. The number of nitrogens with zero attached hydrogens (tertiary/aromatic N) is 2. The lowest BCUT2D eigenvalue weighted by atomic mass is 10.2. The van der Waals surface area contributed by atoms with Crippen LogP contribution in [0.1, 0.15) is 41.6 Å². The van der Waals surface area contributed by atoms with Gasteiger partial charge in [0, 0.05) is 25.2 Å². The second kappa shape index (κ2) is 9.15. The van der Waals surface area contributed by atoms with E-state index in [0.29, 0.717) is 18.7 Å². The number of esters is 1. The van der Waals surface area contributed by atoms with E-state index in [1.165, 1.54) is 46.8 Å². The summed E-state index contributed by atoms with van der Waals surface area (Å²) in [6.07, 6.45) is 3.67. The van der Waals surface area contributed by atoms with Crippen molar-refractivity contribution in [2.24, 2.45) is 0 Å². The smallest absolute Gasteiger partial charge is 0.338 e. The number of ether oxygens (including phenoxy) is 1. The fourth-order valence-corrected chi connectivity index (χ4v) is 4.77. The van der Waals surface area contributed by atoms with Gasteiger partial charge in [0.1, 0.15) is 6.61 Å². The molecule has 0 aliphatic carbocycles. The number of carbonyl (C=O) groups is 1. The second-order valence-corrected chi connectivity index (χ2v) is 8.79. The maximum atomic E-state index is 12.9. The van der Waals surface area contributed by atoms with Gasteiger partial charge in [-0.1, -0.05) is 31.0 Å². The van der Waals surface area contributed by atoms with Gasteiger partial charge in [0.25, 0.3) is 5.69 Å². The highest BCUT2D eigenvalue weighted by Crippen LogP contribution is 2.22. The number of nitro benzene ring substituents is 1. The zero-order valence-corrected chi connectivity index (χ0v) is 16.6. The Labute approximate surface area is 169 Å². The molecule has 1 heterocycles. The third kappa shape index (κ3) is 5.18. The van der Waals surface area contributed by atoms with E-state index in [0.717, 1.165) is 25.7 Å². The van der Waals surface area contributed by atoms with Crippen LogP contribution in [0.4, 0.5) is 5.69 Å². The zero-order valence-electron chi connectivity index (χ0n) is 15.8. The number of nitro groups is 1. The fraction of sp³-hybridized carbons (Fsp3) is 0.350. The average molecular weight is 418 g/mol. The summed E-state index contributed by atoms with van der Waals surface area (Å²) in [7, 11) is -3.67. The van der Waals surface area contributed by atoms with Crippen LogP contribution in [0.15, 0.2) is 53.4 Å². The van der Waals surface area contributed by atoms with Gasteiger partial charge in [0.15, 0.2) is 0 Å². The molecule has 3 rings (SSSR count). The van der Waals surface area contributed by atoms with Crippen molar-refractivity contribution in [3.05, 3.63) is 69.8 Å². The van der Waals surface area contributed by atoms with E-state index in [2.05, 4.69) is 0 Å². The summed E-state index contributed by atoms with van der Waals surface area (Å²) in [4.78, 5) is 22.7. The summed E-state index contributed by atoms with van der Waals surface area (Å²) in [6, 6.07) is 11.6. The Bertz CT molecular complexity index is 998. The maximum Gasteiger partial charge on any atom is 0.338 e. The van der Waals surface area contributed by atoms with E-state index >= 15 is 0 Å². The van der Waals surface area contributed by atoms with Crippen molar-refractivity contribution in [1.29, 1.82) is 0 Å². The predicted octanol–water partition coefficient (Wildman–Crippen LogP) is 3.52. The van der Waals surface area contributed by atoms with E-state index in [1.54, 1.807) is 6.07 Å². The first kappa shape index (κ1) is 20.9. The van der Waals surface area contributed by atoms with Crippen LogP contribution in [-0.4, -0.2) is 36.7 Å². The topological polar surface area (TPSA) is 107 Å². The Balaban J connectivity index is 1.72. The Hall–Kier alpha value is -2.78. The molecule has 0 spiro atoms. The molecule has 0 bridgehead atoms. The minimum Gasteiger partial charge on any atom is -0.457 e. The van der Waals surface area contributed by atoms with Crippen molar-refractivity contribution in [2.75, 3.05) is 13.1 Å². The summed E-state index contributed by atoms with van der Waals surface area (Å²) in [5.74, 6) is -0.690. The SMILES string of the molecule is O=C(OCc1cccc([N+](=O)[O-])c1)c1cccc(S(=O)(=O)N2CCCCCC2)c1. The third-order valence-electron chi connectivity index (χ3n) is 4.76. The molecule has 1 saturated heterocycles. The van der Waals surface area contributed by atoms with Gasteiger partial charge in [0.2, 0.25) is 10.0 Å². The lowest BCUT2D eigenvalue weighted by molar-refractivity contribution is -0.384. The lowest BCUT2D eigenvalue weighted by Crippen LogP contribution is -2.32. The molecule has 1 aliphatic rings. The molecule has 8 nitrogen and oxygen atoms in total. The van der Waals surface area contributed by atoms with Crippen LogP contribution in [0.3, 0.4) is 0 Å². The Morgan fingerprint density at radius 1 is 1.03 bits per heavy atom. The van der Waals surface area contributed by atoms with E-state index < -0.39 is 20.9 Å². The molecule has 2 aromatic carbocycles. The molecule has 29 heavy (non-hydrogen) atoms. The van der Waals surface area contributed by atoms with Crippen molar-refractivity contribution in [2.45, 2.75) is 37.2 Å². The first-order chi connectivity index (χ1) is 13.9. The molecule has 1 aliphatic heterocycles. The van der Waals surface area contributed by atoms with Crippen molar-refractivity contribution >= 4 is 21.7 Å². The van der Waals surface area contributed by atoms with Gasteiger partial charge in [-0.05, 0) is 36.6 Å². The maximum absolute atomic E-state index is 12.9. The second-order valence-electron chi connectivity index (χ2n) is 6.85. The standard InChI is InChI=1S/C20H22N2O6S/c23-20(28-15-16-7-5-9-18(13-16)22(24)25)17-8-6-10-19(14-17)29(26,27)21-11-3-1-2-4-12-21/h5-10,13-14H,1-4,11-12,15H2. The van der Waals surface area contributed by atoms with Crippen molar-refractivity contribution in [1.82, 2.24) is 4.31 Å². The van der Waals surface area contributed by atoms with Crippen LogP contribution in [0.2, 0.25) is 0 Å². The van der Waals surface area contributed by atoms with Crippen LogP contribution in [0.5, 0.6) is 0 Å². The van der Waals surface area contributed by atoms with E-state index in [-0.39, 0.29) is 22.8 Å². The minimum atomic E-state index is -3.67. The van der Waals surface area contributed by atoms with Gasteiger partial charge in [-0.2, -0.15) is 4.31 Å². The van der Waals surface area contributed by atoms with Crippen LogP contribution in [-0.2, 0) is 21.4 Å². The molecule has 0 amide bonds. The monoisotopic (exact) mass is 418 g/mol. The molecule has 0 unspecified atom stereocenters. The molecule has 0 aromatic heterocycles. The van der Waals surface area contributed by atoms with Crippen LogP contribution in [0, 0.1) is 10.1 Å². The molecular formula is C20H22N2O6S. The zero-order chi connectivity index (χ0) is 20.9. The van der Waals surface area contributed by atoms with Gasteiger partial charge in [-0.25, -0.2) is 13.2 Å². The highest BCUT2D eigenvalue weighted by atomic mass is 32.2. The van der Waals surface area contributed by atoms with Gasteiger partial charge >= 0.3 is 5.97 Å². The van der Waals surface area contributed by atoms with Gasteiger partial charge in [-0.3, -0.25) is 10.1 Å². The molecule has 0 N–H and O–H groups in total. The van der Waals surface area contributed by atoms with Gasteiger partial charge < -0.3 is 4.74 Å². The van der Waals surface area contributed by atoms with Gasteiger partial charge in [-0.15, -0.1) is 0 Å². The Morgan fingerprint density at radius 2 is 1.72 bits per heavy atom. The first-order valence-corrected chi connectivity index (χ1v) is 10.8.